The molecule has 1 N–H and O–H groups in total. The topological polar surface area (TPSA) is 29.5 Å². The predicted octanol–water partition coefficient (Wildman–Crippen LogP) is 3.71. The van der Waals surface area contributed by atoms with Crippen LogP contribution in [0.25, 0.3) is 0 Å². The molecule has 0 unspecified atom stereocenters. The largest absolute Gasteiger partial charge is 0.489 e. The molecule has 0 saturated heterocycles. The molecule has 0 aliphatic heterocycles. The van der Waals surface area contributed by atoms with Crippen LogP contribution in [0.2, 0.25) is 0 Å². The average molecular weight is 242 g/mol. The van der Waals surface area contributed by atoms with Crippen LogP contribution in [-0.2, 0) is 6.61 Å². The molecule has 0 saturated carbocycles. The molecule has 1 atom stereocenters. The molecule has 0 aromatic heterocycles. The minimum absolute atomic E-state index is 0.381. The summed E-state index contributed by atoms with van der Waals surface area (Å²) in [5, 5.41) is 9.69. The second-order valence-corrected chi connectivity index (χ2v) is 4.27. The molecule has 0 amide bonds. The summed E-state index contributed by atoms with van der Waals surface area (Å²) in [7, 11) is 0. The van der Waals surface area contributed by atoms with Crippen molar-refractivity contribution in [2.75, 3.05) is 0 Å². The molecule has 2 aromatic carbocycles. The van der Waals surface area contributed by atoms with Gasteiger partial charge in [-0.3, -0.25) is 0 Å². The maximum atomic E-state index is 9.69. The molecule has 0 bridgehead atoms. The van der Waals surface area contributed by atoms with Gasteiger partial charge in [0.05, 0.1) is 6.10 Å². The molecule has 0 fully saturated rings. The fourth-order valence-electron chi connectivity index (χ4n) is 1.76. The van der Waals surface area contributed by atoms with Gasteiger partial charge in [0, 0.05) is 0 Å². The third kappa shape index (κ3) is 3.34. The minimum atomic E-state index is -0.381. The smallest absolute Gasteiger partial charge is 0.119 e. The molecule has 2 aromatic rings. The standard InChI is InChI=1S/C16H18O2/c1-2-16(17)14-8-10-15(11-9-14)18-12-13-6-4-3-5-7-13/h3-11,16-17H,2,12H2,1H3/t16-/m1/s1. The molecule has 0 radical (unpaired) electrons. The molecule has 0 heterocycles. The third-order valence-corrected chi connectivity index (χ3v) is 2.90. The third-order valence-electron chi connectivity index (χ3n) is 2.90. The average Bonchev–Trinajstić information content (AvgIpc) is 2.46. The zero-order valence-electron chi connectivity index (χ0n) is 10.5. The second-order valence-electron chi connectivity index (χ2n) is 4.27. The highest BCUT2D eigenvalue weighted by Gasteiger charge is 2.04. The molecular formula is C16H18O2. The molecule has 0 spiro atoms. The summed E-state index contributed by atoms with van der Waals surface area (Å²) in [5.41, 5.74) is 2.08. The van der Waals surface area contributed by atoms with E-state index in [4.69, 9.17) is 4.74 Å². The first-order valence-electron chi connectivity index (χ1n) is 6.24. The van der Waals surface area contributed by atoms with Gasteiger partial charge in [-0.25, -0.2) is 0 Å². The van der Waals surface area contributed by atoms with Gasteiger partial charge in [0.25, 0.3) is 0 Å². The van der Waals surface area contributed by atoms with Crippen molar-refractivity contribution >= 4 is 0 Å². The van der Waals surface area contributed by atoms with E-state index in [2.05, 4.69) is 0 Å². The van der Waals surface area contributed by atoms with E-state index in [0.29, 0.717) is 6.61 Å². The van der Waals surface area contributed by atoms with E-state index < -0.39 is 0 Å². The van der Waals surface area contributed by atoms with Crippen LogP contribution in [0, 0.1) is 0 Å². The van der Waals surface area contributed by atoms with Crippen molar-refractivity contribution in [2.24, 2.45) is 0 Å². The summed E-state index contributed by atoms with van der Waals surface area (Å²) < 4.78 is 5.68. The van der Waals surface area contributed by atoms with Gasteiger partial charge in [0.15, 0.2) is 0 Å². The van der Waals surface area contributed by atoms with Crippen molar-refractivity contribution in [3.8, 4) is 5.75 Å². The first kappa shape index (κ1) is 12.7. The molecule has 2 nitrogen and oxygen atoms in total. The fraction of sp³-hybridized carbons (Fsp3) is 0.250. The Morgan fingerprint density at radius 2 is 1.67 bits per heavy atom. The van der Waals surface area contributed by atoms with Crippen LogP contribution in [0.4, 0.5) is 0 Å². The van der Waals surface area contributed by atoms with Crippen LogP contribution in [0.5, 0.6) is 5.75 Å². The Labute approximate surface area is 108 Å². The Morgan fingerprint density at radius 3 is 2.28 bits per heavy atom. The van der Waals surface area contributed by atoms with Gasteiger partial charge in [-0.15, -0.1) is 0 Å². The van der Waals surface area contributed by atoms with Gasteiger partial charge in [-0.1, -0.05) is 49.4 Å². The van der Waals surface area contributed by atoms with Gasteiger partial charge in [-0.2, -0.15) is 0 Å². The fourth-order valence-corrected chi connectivity index (χ4v) is 1.76. The van der Waals surface area contributed by atoms with Crippen LogP contribution >= 0.6 is 0 Å². The van der Waals surface area contributed by atoms with Gasteiger partial charge in [0.1, 0.15) is 12.4 Å². The monoisotopic (exact) mass is 242 g/mol. The van der Waals surface area contributed by atoms with Crippen molar-refractivity contribution in [2.45, 2.75) is 26.1 Å². The van der Waals surface area contributed by atoms with Crippen LogP contribution in [-0.4, -0.2) is 5.11 Å². The summed E-state index contributed by atoms with van der Waals surface area (Å²) >= 11 is 0. The van der Waals surface area contributed by atoms with E-state index in [0.717, 1.165) is 23.3 Å². The summed E-state index contributed by atoms with van der Waals surface area (Å²) in [6.07, 6.45) is 0.345. The van der Waals surface area contributed by atoms with Gasteiger partial charge < -0.3 is 9.84 Å². The highest BCUT2D eigenvalue weighted by Crippen LogP contribution is 2.20. The van der Waals surface area contributed by atoms with E-state index in [1.54, 1.807) is 0 Å². The van der Waals surface area contributed by atoms with E-state index in [1.807, 2.05) is 61.5 Å². The van der Waals surface area contributed by atoms with Crippen LogP contribution in [0.15, 0.2) is 54.6 Å². The van der Waals surface area contributed by atoms with Crippen LogP contribution < -0.4 is 4.74 Å². The SMILES string of the molecule is CC[C@@H](O)c1ccc(OCc2ccccc2)cc1. The molecule has 0 aliphatic carbocycles. The maximum absolute atomic E-state index is 9.69. The summed E-state index contributed by atoms with van der Waals surface area (Å²) in [6, 6.07) is 17.7. The van der Waals surface area contributed by atoms with Gasteiger partial charge in [-0.05, 0) is 29.7 Å². The zero-order chi connectivity index (χ0) is 12.8. The maximum Gasteiger partial charge on any atom is 0.119 e. The lowest BCUT2D eigenvalue weighted by Gasteiger charge is -2.10. The molecule has 18 heavy (non-hydrogen) atoms. The van der Waals surface area contributed by atoms with Crippen LogP contribution in [0.1, 0.15) is 30.6 Å². The van der Waals surface area contributed by atoms with Gasteiger partial charge >= 0.3 is 0 Å². The number of ether oxygens (including phenoxy) is 1. The molecule has 2 heteroatoms. The van der Waals surface area contributed by atoms with Gasteiger partial charge in [0.2, 0.25) is 0 Å². The molecule has 2 rings (SSSR count). The Bertz CT molecular complexity index is 462. The van der Waals surface area contributed by atoms with Crippen molar-refractivity contribution in [1.29, 1.82) is 0 Å². The lowest BCUT2D eigenvalue weighted by molar-refractivity contribution is 0.173. The number of benzene rings is 2. The van der Waals surface area contributed by atoms with E-state index in [-0.39, 0.29) is 6.10 Å². The van der Waals surface area contributed by atoms with Crippen molar-refractivity contribution in [3.63, 3.8) is 0 Å². The quantitative estimate of drug-likeness (QED) is 0.866. The Kier molecular flexibility index (Phi) is 4.37. The van der Waals surface area contributed by atoms with E-state index >= 15 is 0 Å². The Balaban J connectivity index is 1.94. The number of rotatable bonds is 5. The number of hydrogen-bond donors (Lipinski definition) is 1. The molecular weight excluding hydrogens is 224 g/mol. The number of aliphatic hydroxyl groups is 1. The molecule has 0 aliphatic rings. The van der Waals surface area contributed by atoms with E-state index in [9.17, 15) is 5.11 Å². The summed E-state index contributed by atoms with van der Waals surface area (Å²) in [4.78, 5) is 0. The van der Waals surface area contributed by atoms with Crippen molar-refractivity contribution in [3.05, 3.63) is 65.7 Å². The number of hydrogen-bond acceptors (Lipinski definition) is 2. The van der Waals surface area contributed by atoms with Crippen molar-refractivity contribution in [1.82, 2.24) is 0 Å². The highest BCUT2D eigenvalue weighted by molar-refractivity contribution is 5.28. The van der Waals surface area contributed by atoms with Crippen LogP contribution in [0.3, 0.4) is 0 Å². The first-order valence-corrected chi connectivity index (χ1v) is 6.24. The second kappa shape index (κ2) is 6.22. The highest BCUT2D eigenvalue weighted by atomic mass is 16.5. The summed E-state index contributed by atoms with van der Waals surface area (Å²) in [5.74, 6) is 0.825. The first-order chi connectivity index (χ1) is 8.79. The number of aliphatic hydroxyl groups excluding tert-OH is 1. The molecule has 94 valence electrons. The zero-order valence-corrected chi connectivity index (χ0v) is 10.5. The Hall–Kier alpha value is -1.80. The van der Waals surface area contributed by atoms with Crippen molar-refractivity contribution < 1.29 is 9.84 Å². The normalized spacial score (nSPS) is 12.1. The summed E-state index contributed by atoms with van der Waals surface area (Å²) in [6.45, 7) is 2.53. The predicted molar refractivity (Wildman–Crippen MR) is 72.5 cm³/mol. The minimum Gasteiger partial charge on any atom is -0.489 e. The van der Waals surface area contributed by atoms with E-state index in [1.165, 1.54) is 0 Å². The Morgan fingerprint density at radius 1 is 1.00 bits per heavy atom. The lowest BCUT2D eigenvalue weighted by atomic mass is 10.1. The lowest BCUT2D eigenvalue weighted by Crippen LogP contribution is -1.97.